The number of carbonyl (C=O) groups is 1. The van der Waals surface area contributed by atoms with Gasteiger partial charge in [0.2, 0.25) is 0 Å². The molecule has 0 saturated carbocycles. The lowest BCUT2D eigenvalue weighted by Gasteiger charge is -2.34. The number of nitrogens with zero attached hydrogens (tertiary/aromatic N) is 5. The van der Waals surface area contributed by atoms with Crippen molar-refractivity contribution in [3.05, 3.63) is 41.4 Å². The molecule has 4 rings (SSSR count). The number of imidazole rings is 1. The van der Waals surface area contributed by atoms with Gasteiger partial charge in [-0.2, -0.15) is 5.10 Å². The van der Waals surface area contributed by atoms with Gasteiger partial charge in [-0.3, -0.25) is 13.9 Å². The molecule has 1 unspecified atom stereocenters. The molecule has 6 nitrogen and oxygen atoms in total. The van der Waals surface area contributed by atoms with Gasteiger partial charge in [-0.1, -0.05) is 0 Å². The monoisotopic (exact) mass is 315 g/mol. The SMILES string of the molecule is Cn1ccc(C2CCCCN2C(=O)c2cn3ccsc3n2)n1. The molecule has 1 aliphatic rings. The molecule has 0 N–H and O–H groups in total. The van der Waals surface area contributed by atoms with Crippen LogP contribution in [0.25, 0.3) is 4.96 Å². The topological polar surface area (TPSA) is 55.4 Å². The summed E-state index contributed by atoms with van der Waals surface area (Å²) >= 11 is 1.54. The summed E-state index contributed by atoms with van der Waals surface area (Å²) in [5.41, 5.74) is 1.49. The molecule has 1 amide bonds. The number of rotatable bonds is 2. The highest BCUT2D eigenvalue weighted by Crippen LogP contribution is 2.31. The van der Waals surface area contributed by atoms with Crippen molar-refractivity contribution in [2.75, 3.05) is 6.54 Å². The number of thiazole rings is 1. The van der Waals surface area contributed by atoms with E-state index in [1.807, 2.05) is 46.4 Å². The predicted octanol–water partition coefficient (Wildman–Crippen LogP) is 2.50. The second-order valence-electron chi connectivity index (χ2n) is 5.64. The van der Waals surface area contributed by atoms with Gasteiger partial charge in [0, 0.05) is 37.6 Å². The zero-order chi connectivity index (χ0) is 15.1. The van der Waals surface area contributed by atoms with E-state index >= 15 is 0 Å². The third-order valence-corrected chi connectivity index (χ3v) is 4.92. The predicted molar refractivity (Wildman–Crippen MR) is 83.9 cm³/mol. The van der Waals surface area contributed by atoms with Crippen molar-refractivity contribution < 1.29 is 4.79 Å². The van der Waals surface area contributed by atoms with Gasteiger partial charge in [0.05, 0.1) is 11.7 Å². The Hall–Kier alpha value is -2.15. The van der Waals surface area contributed by atoms with Crippen molar-refractivity contribution in [1.82, 2.24) is 24.1 Å². The Balaban J connectivity index is 1.65. The first-order chi connectivity index (χ1) is 10.7. The molecule has 1 saturated heterocycles. The Morgan fingerprint density at radius 1 is 1.36 bits per heavy atom. The van der Waals surface area contributed by atoms with Crippen LogP contribution >= 0.6 is 11.3 Å². The molecule has 0 radical (unpaired) electrons. The maximum absolute atomic E-state index is 12.9. The zero-order valence-corrected chi connectivity index (χ0v) is 13.2. The number of fused-ring (bicyclic) bond motifs is 1. The molecule has 22 heavy (non-hydrogen) atoms. The van der Waals surface area contributed by atoms with Crippen LogP contribution in [-0.4, -0.2) is 36.5 Å². The molecular weight excluding hydrogens is 298 g/mol. The maximum Gasteiger partial charge on any atom is 0.274 e. The molecule has 3 aromatic heterocycles. The lowest BCUT2D eigenvalue weighted by molar-refractivity contribution is 0.0600. The van der Waals surface area contributed by atoms with E-state index < -0.39 is 0 Å². The fourth-order valence-electron chi connectivity index (χ4n) is 3.07. The minimum atomic E-state index is 0.00579. The quantitative estimate of drug-likeness (QED) is 0.730. The Morgan fingerprint density at radius 2 is 2.27 bits per heavy atom. The van der Waals surface area contributed by atoms with Crippen molar-refractivity contribution >= 4 is 22.2 Å². The van der Waals surface area contributed by atoms with Crippen LogP contribution in [0.3, 0.4) is 0 Å². The fourth-order valence-corrected chi connectivity index (χ4v) is 3.77. The number of likely N-dealkylation sites (tertiary alicyclic amines) is 1. The molecule has 1 fully saturated rings. The lowest BCUT2D eigenvalue weighted by Crippen LogP contribution is -2.39. The molecule has 0 aromatic carbocycles. The van der Waals surface area contributed by atoms with Crippen molar-refractivity contribution in [2.45, 2.75) is 25.3 Å². The van der Waals surface area contributed by atoms with E-state index in [4.69, 9.17) is 0 Å². The van der Waals surface area contributed by atoms with Crippen molar-refractivity contribution in [1.29, 1.82) is 0 Å². The van der Waals surface area contributed by atoms with E-state index in [-0.39, 0.29) is 11.9 Å². The number of aromatic nitrogens is 4. The van der Waals surface area contributed by atoms with Gasteiger partial charge in [0.25, 0.3) is 5.91 Å². The van der Waals surface area contributed by atoms with Crippen LogP contribution in [0.4, 0.5) is 0 Å². The van der Waals surface area contributed by atoms with Gasteiger partial charge in [-0.05, 0) is 25.3 Å². The second kappa shape index (κ2) is 5.24. The summed E-state index contributed by atoms with van der Waals surface area (Å²) in [5.74, 6) is 0.00579. The van der Waals surface area contributed by atoms with Crippen LogP contribution in [0.5, 0.6) is 0 Å². The van der Waals surface area contributed by atoms with E-state index in [1.54, 1.807) is 4.68 Å². The molecule has 0 bridgehead atoms. The summed E-state index contributed by atoms with van der Waals surface area (Å²) in [6.07, 6.45) is 8.80. The molecule has 0 spiro atoms. The smallest absolute Gasteiger partial charge is 0.274 e. The standard InChI is InChI=1S/C15H17N5OS/c1-18-7-5-11(17-18)13-4-2-3-6-20(13)14(21)12-10-19-8-9-22-15(19)16-12/h5,7-10,13H,2-4,6H2,1H3. The second-order valence-corrected chi connectivity index (χ2v) is 6.52. The number of hydrogen-bond donors (Lipinski definition) is 0. The van der Waals surface area contributed by atoms with E-state index in [0.717, 1.165) is 36.5 Å². The van der Waals surface area contributed by atoms with Crippen LogP contribution in [-0.2, 0) is 7.05 Å². The molecule has 4 heterocycles. The molecule has 3 aromatic rings. The third kappa shape index (κ3) is 2.21. The van der Waals surface area contributed by atoms with Gasteiger partial charge >= 0.3 is 0 Å². The van der Waals surface area contributed by atoms with Gasteiger partial charge in [-0.25, -0.2) is 4.98 Å². The molecule has 1 aliphatic heterocycles. The summed E-state index contributed by atoms with van der Waals surface area (Å²) in [6, 6.07) is 2.06. The Morgan fingerprint density at radius 3 is 3.05 bits per heavy atom. The van der Waals surface area contributed by atoms with E-state index in [2.05, 4.69) is 10.1 Å². The van der Waals surface area contributed by atoms with Crippen molar-refractivity contribution in [3.8, 4) is 0 Å². The van der Waals surface area contributed by atoms with E-state index in [0.29, 0.717) is 5.69 Å². The number of aryl methyl sites for hydroxylation is 1. The lowest BCUT2D eigenvalue weighted by atomic mass is 9.99. The number of carbonyl (C=O) groups excluding carboxylic acids is 1. The Bertz CT molecular complexity index is 788. The summed E-state index contributed by atoms with van der Waals surface area (Å²) in [5, 5.41) is 6.46. The van der Waals surface area contributed by atoms with Crippen LogP contribution in [0.1, 0.15) is 41.5 Å². The summed E-state index contributed by atoms with van der Waals surface area (Å²) < 4.78 is 3.69. The average molecular weight is 315 g/mol. The highest BCUT2D eigenvalue weighted by Gasteiger charge is 2.31. The van der Waals surface area contributed by atoms with Crippen molar-refractivity contribution in [3.63, 3.8) is 0 Å². The molecule has 114 valence electrons. The van der Waals surface area contributed by atoms with E-state index in [1.165, 1.54) is 11.3 Å². The fraction of sp³-hybridized carbons (Fsp3) is 0.400. The molecule has 1 atom stereocenters. The zero-order valence-electron chi connectivity index (χ0n) is 12.3. The summed E-state index contributed by atoms with van der Waals surface area (Å²) in [6.45, 7) is 0.769. The number of hydrogen-bond acceptors (Lipinski definition) is 4. The number of piperidine rings is 1. The van der Waals surface area contributed by atoms with Gasteiger partial charge < -0.3 is 4.90 Å². The van der Waals surface area contributed by atoms with Crippen LogP contribution in [0.15, 0.2) is 30.0 Å². The maximum atomic E-state index is 12.9. The van der Waals surface area contributed by atoms with Crippen LogP contribution in [0, 0.1) is 0 Å². The third-order valence-electron chi connectivity index (χ3n) is 4.15. The van der Waals surface area contributed by atoms with Gasteiger partial charge in [0.1, 0.15) is 5.69 Å². The molecular formula is C15H17N5OS. The normalized spacial score (nSPS) is 19.0. The summed E-state index contributed by atoms with van der Waals surface area (Å²) in [4.78, 5) is 20.1. The Labute approximate surface area is 132 Å². The largest absolute Gasteiger partial charge is 0.329 e. The highest BCUT2D eigenvalue weighted by atomic mass is 32.1. The first kappa shape index (κ1) is 13.5. The minimum absolute atomic E-state index is 0.00579. The van der Waals surface area contributed by atoms with Crippen LogP contribution < -0.4 is 0 Å². The van der Waals surface area contributed by atoms with Crippen molar-refractivity contribution in [2.24, 2.45) is 7.05 Å². The number of amides is 1. The minimum Gasteiger partial charge on any atom is -0.329 e. The van der Waals surface area contributed by atoms with E-state index in [9.17, 15) is 4.79 Å². The van der Waals surface area contributed by atoms with Gasteiger partial charge in [-0.15, -0.1) is 11.3 Å². The Kier molecular flexibility index (Phi) is 3.22. The first-order valence-corrected chi connectivity index (χ1v) is 8.33. The van der Waals surface area contributed by atoms with Crippen LogP contribution in [0.2, 0.25) is 0 Å². The average Bonchev–Trinajstić information content (AvgIpc) is 3.21. The van der Waals surface area contributed by atoms with Gasteiger partial charge in [0.15, 0.2) is 4.96 Å². The molecule has 0 aliphatic carbocycles. The first-order valence-electron chi connectivity index (χ1n) is 7.45. The summed E-state index contributed by atoms with van der Waals surface area (Å²) in [7, 11) is 1.90. The highest BCUT2D eigenvalue weighted by molar-refractivity contribution is 7.15. The molecule has 7 heteroatoms.